The van der Waals surface area contributed by atoms with Crippen molar-refractivity contribution in [2.24, 2.45) is 29.4 Å². The van der Waals surface area contributed by atoms with Crippen LogP contribution in [0.15, 0.2) is 18.2 Å². The Morgan fingerprint density at radius 2 is 1.87 bits per heavy atom. The lowest BCUT2D eigenvalue weighted by molar-refractivity contribution is -0.128. The number of ether oxygens (including phenoxy) is 3. The number of likely N-dealkylation sites (tertiary alicyclic amines) is 1. The van der Waals surface area contributed by atoms with Gasteiger partial charge in [0.05, 0.1) is 19.8 Å². The molecule has 0 spiro atoms. The average molecular weight is 536 g/mol. The van der Waals surface area contributed by atoms with Crippen LogP contribution in [0.25, 0.3) is 0 Å². The third-order valence-corrected chi connectivity index (χ3v) is 7.86. The van der Waals surface area contributed by atoms with Gasteiger partial charge in [0.25, 0.3) is 0 Å². The maximum atomic E-state index is 13.1. The van der Waals surface area contributed by atoms with Crippen LogP contribution in [0.3, 0.4) is 0 Å². The van der Waals surface area contributed by atoms with Crippen molar-refractivity contribution in [3.63, 3.8) is 0 Å². The minimum atomic E-state index is -0.740. The fourth-order valence-corrected chi connectivity index (χ4v) is 5.22. The summed E-state index contributed by atoms with van der Waals surface area (Å²) in [6, 6.07) is 5.84. The summed E-state index contributed by atoms with van der Waals surface area (Å²) in [4.78, 5) is 15.3. The van der Waals surface area contributed by atoms with Gasteiger partial charge in [-0.15, -0.1) is 0 Å². The van der Waals surface area contributed by atoms with Crippen LogP contribution in [-0.4, -0.2) is 81.7 Å². The van der Waals surface area contributed by atoms with Gasteiger partial charge in [0, 0.05) is 44.7 Å². The molecule has 0 bridgehead atoms. The fourth-order valence-electron chi connectivity index (χ4n) is 5.22. The zero-order valence-electron chi connectivity index (χ0n) is 24.7. The standard InChI is InChI=1S/C30H53N3O5/c1-20(2)23(15-22-9-10-28(37-7)29(16-22)38-14-8-13-36-6)17-26(31)27(34)18-25(21(3)4)30(35)32-24-11-12-33(5)19-24/h9-10,16,20-21,23-27,34H,8,11-15,17-19,31H2,1-7H3,(H,32,35)/t23?,24-,25?,26?,27?/m1/s1. The van der Waals surface area contributed by atoms with Gasteiger partial charge in [-0.3, -0.25) is 4.79 Å². The average Bonchev–Trinajstić information content (AvgIpc) is 3.28. The van der Waals surface area contributed by atoms with E-state index in [2.05, 4.69) is 37.2 Å². The summed E-state index contributed by atoms with van der Waals surface area (Å²) in [6.07, 6.45) is 2.90. The van der Waals surface area contributed by atoms with E-state index < -0.39 is 12.1 Å². The molecule has 1 heterocycles. The number of aliphatic hydroxyl groups is 1. The number of hydrogen-bond donors (Lipinski definition) is 3. The molecule has 38 heavy (non-hydrogen) atoms. The number of hydrogen-bond acceptors (Lipinski definition) is 7. The molecule has 0 aromatic heterocycles. The summed E-state index contributed by atoms with van der Waals surface area (Å²) in [6.45, 7) is 11.5. The van der Waals surface area contributed by atoms with Gasteiger partial charge in [0.2, 0.25) is 5.91 Å². The second-order valence-corrected chi connectivity index (χ2v) is 11.7. The van der Waals surface area contributed by atoms with Crippen LogP contribution in [0.1, 0.15) is 58.9 Å². The van der Waals surface area contributed by atoms with Crippen molar-refractivity contribution < 1.29 is 24.1 Å². The zero-order chi connectivity index (χ0) is 28.2. The molecule has 2 rings (SSSR count). The Morgan fingerprint density at radius 3 is 2.45 bits per heavy atom. The third-order valence-electron chi connectivity index (χ3n) is 7.86. The lowest BCUT2D eigenvalue weighted by atomic mass is 9.80. The van der Waals surface area contributed by atoms with Crippen LogP contribution in [0.4, 0.5) is 0 Å². The molecule has 5 atom stereocenters. The van der Waals surface area contributed by atoms with Gasteiger partial charge in [-0.1, -0.05) is 33.8 Å². The zero-order valence-corrected chi connectivity index (χ0v) is 24.7. The minimum absolute atomic E-state index is 0.0308. The van der Waals surface area contributed by atoms with E-state index >= 15 is 0 Å². The number of benzene rings is 1. The van der Waals surface area contributed by atoms with Crippen LogP contribution in [0.5, 0.6) is 11.5 Å². The van der Waals surface area contributed by atoms with Crippen molar-refractivity contribution in [1.82, 2.24) is 10.2 Å². The van der Waals surface area contributed by atoms with Gasteiger partial charge in [0.1, 0.15) is 0 Å². The number of methoxy groups -OCH3 is 2. The van der Waals surface area contributed by atoms with Crippen molar-refractivity contribution in [3.05, 3.63) is 23.8 Å². The summed E-state index contributed by atoms with van der Waals surface area (Å²) >= 11 is 0. The molecule has 1 aliphatic rings. The number of carbonyl (C=O) groups is 1. The number of rotatable bonds is 17. The topological polar surface area (TPSA) is 106 Å². The molecule has 0 radical (unpaired) electrons. The van der Waals surface area contributed by atoms with Gasteiger partial charge in [-0.05, 0) is 74.7 Å². The summed E-state index contributed by atoms with van der Waals surface area (Å²) in [7, 11) is 5.40. The van der Waals surface area contributed by atoms with E-state index in [4.69, 9.17) is 19.9 Å². The maximum Gasteiger partial charge on any atom is 0.223 e. The number of carbonyl (C=O) groups excluding carboxylic acids is 1. The molecule has 1 aromatic carbocycles. The van der Waals surface area contributed by atoms with Gasteiger partial charge in [-0.25, -0.2) is 0 Å². The molecule has 1 aliphatic heterocycles. The molecule has 8 nitrogen and oxygen atoms in total. The lowest BCUT2D eigenvalue weighted by Crippen LogP contribution is -2.45. The third kappa shape index (κ3) is 10.4. The highest BCUT2D eigenvalue weighted by molar-refractivity contribution is 5.79. The normalized spacial score (nSPS) is 19.4. The predicted octanol–water partition coefficient (Wildman–Crippen LogP) is 3.49. The molecule has 1 fully saturated rings. The quantitative estimate of drug-likeness (QED) is 0.262. The van der Waals surface area contributed by atoms with Crippen LogP contribution in [0.2, 0.25) is 0 Å². The first-order valence-corrected chi connectivity index (χ1v) is 14.3. The van der Waals surface area contributed by atoms with Crippen LogP contribution >= 0.6 is 0 Å². The van der Waals surface area contributed by atoms with Crippen molar-refractivity contribution in [2.75, 3.05) is 47.6 Å². The molecule has 1 amide bonds. The first kappa shape index (κ1) is 32.3. The van der Waals surface area contributed by atoms with Gasteiger partial charge < -0.3 is 35.3 Å². The lowest BCUT2D eigenvalue weighted by Gasteiger charge is -2.30. The number of nitrogens with zero attached hydrogens (tertiary/aromatic N) is 1. The van der Waals surface area contributed by atoms with Crippen molar-refractivity contribution in [3.8, 4) is 11.5 Å². The Kier molecular flexibility index (Phi) is 13.9. The molecule has 4 N–H and O–H groups in total. The maximum absolute atomic E-state index is 13.1. The van der Waals surface area contributed by atoms with Crippen LogP contribution in [-0.2, 0) is 16.0 Å². The van der Waals surface area contributed by atoms with Crippen molar-refractivity contribution >= 4 is 5.91 Å². The first-order valence-electron chi connectivity index (χ1n) is 14.3. The first-order chi connectivity index (χ1) is 18.0. The second-order valence-electron chi connectivity index (χ2n) is 11.7. The molecule has 218 valence electrons. The van der Waals surface area contributed by atoms with E-state index in [1.807, 2.05) is 26.0 Å². The summed E-state index contributed by atoms with van der Waals surface area (Å²) < 4.78 is 16.6. The molecule has 0 aliphatic carbocycles. The molecular weight excluding hydrogens is 482 g/mol. The molecule has 1 saturated heterocycles. The van der Waals surface area contributed by atoms with Crippen LogP contribution < -0.4 is 20.5 Å². The number of amides is 1. The summed E-state index contributed by atoms with van der Waals surface area (Å²) in [5.41, 5.74) is 7.71. The van der Waals surface area contributed by atoms with Gasteiger partial charge in [0.15, 0.2) is 11.5 Å². The Bertz CT molecular complexity index is 834. The highest BCUT2D eigenvalue weighted by Gasteiger charge is 2.31. The van der Waals surface area contributed by atoms with E-state index in [1.54, 1.807) is 14.2 Å². The Hall–Kier alpha value is -1.87. The number of nitrogens with two attached hydrogens (primary N) is 1. The van der Waals surface area contributed by atoms with E-state index in [0.717, 1.165) is 43.7 Å². The molecular formula is C30H53N3O5. The number of nitrogens with one attached hydrogen (secondary N) is 1. The molecule has 1 aromatic rings. The number of likely N-dealkylation sites (N-methyl/N-ethyl adjacent to an activating group) is 1. The summed E-state index contributed by atoms with van der Waals surface area (Å²) in [5.74, 6) is 1.98. The van der Waals surface area contributed by atoms with E-state index in [0.29, 0.717) is 37.7 Å². The fraction of sp³-hybridized carbons (Fsp3) is 0.767. The Morgan fingerprint density at radius 1 is 1.13 bits per heavy atom. The van der Waals surface area contributed by atoms with Crippen LogP contribution in [0, 0.1) is 23.7 Å². The van der Waals surface area contributed by atoms with Gasteiger partial charge in [-0.2, -0.15) is 0 Å². The Balaban J connectivity index is 2.00. The van der Waals surface area contributed by atoms with Gasteiger partial charge >= 0.3 is 0 Å². The second kappa shape index (κ2) is 16.3. The van der Waals surface area contributed by atoms with E-state index in [-0.39, 0.29) is 29.7 Å². The molecule has 8 heteroatoms. The largest absolute Gasteiger partial charge is 0.493 e. The minimum Gasteiger partial charge on any atom is -0.493 e. The van der Waals surface area contributed by atoms with Crippen molar-refractivity contribution in [2.45, 2.75) is 78.0 Å². The van der Waals surface area contributed by atoms with E-state index in [1.165, 1.54) is 0 Å². The smallest absolute Gasteiger partial charge is 0.223 e. The molecule has 4 unspecified atom stereocenters. The Labute approximate surface area is 230 Å². The number of aliphatic hydroxyl groups excluding tert-OH is 1. The van der Waals surface area contributed by atoms with Crippen molar-refractivity contribution in [1.29, 1.82) is 0 Å². The molecule has 0 saturated carbocycles. The summed E-state index contributed by atoms with van der Waals surface area (Å²) in [5, 5.41) is 14.3. The monoisotopic (exact) mass is 535 g/mol. The highest BCUT2D eigenvalue weighted by atomic mass is 16.5. The highest BCUT2D eigenvalue weighted by Crippen LogP contribution is 2.32. The predicted molar refractivity (Wildman–Crippen MR) is 153 cm³/mol. The van der Waals surface area contributed by atoms with E-state index in [9.17, 15) is 9.90 Å². The SMILES string of the molecule is COCCCOc1cc(CC(CC(N)C(O)CC(C(=O)N[C@@H]2CCN(C)C2)C(C)C)C(C)C)ccc1OC.